The molecule has 0 aliphatic carbocycles. The summed E-state index contributed by atoms with van der Waals surface area (Å²) in [7, 11) is 0. The number of thiophene rings is 1. The van der Waals surface area contributed by atoms with Crippen LogP contribution in [0.2, 0.25) is 0 Å². The van der Waals surface area contributed by atoms with Gasteiger partial charge in [0.1, 0.15) is 23.6 Å². The molecule has 0 atom stereocenters. The summed E-state index contributed by atoms with van der Waals surface area (Å²) in [6.45, 7) is 5.46. The number of ether oxygens (including phenoxy) is 4. The van der Waals surface area contributed by atoms with E-state index in [1.165, 1.54) is 6.33 Å². The van der Waals surface area contributed by atoms with Gasteiger partial charge in [-0.15, -0.1) is 11.3 Å². The quantitative estimate of drug-likeness (QED) is 0.465. The zero-order valence-electron chi connectivity index (χ0n) is 17.7. The van der Waals surface area contributed by atoms with Crippen molar-refractivity contribution in [1.82, 2.24) is 9.97 Å². The zero-order chi connectivity index (χ0) is 22.5. The lowest BCUT2D eigenvalue weighted by Gasteiger charge is -2.13. The molecule has 2 aromatic heterocycles. The summed E-state index contributed by atoms with van der Waals surface area (Å²) in [6.07, 6.45) is 2.08. The number of carboxylic acid groups (broad SMARTS) is 1. The first-order valence-corrected chi connectivity index (χ1v) is 11.0. The topological polar surface area (TPSA) is 112 Å². The van der Waals surface area contributed by atoms with E-state index in [0.717, 1.165) is 22.6 Å². The van der Waals surface area contributed by atoms with Gasteiger partial charge in [-0.05, 0) is 32.4 Å². The summed E-state index contributed by atoms with van der Waals surface area (Å²) in [5.41, 5.74) is 1.56. The van der Waals surface area contributed by atoms with Crippen LogP contribution >= 0.6 is 11.3 Å². The summed E-state index contributed by atoms with van der Waals surface area (Å²) in [4.78, 5) is 20.9. The molecule has 0 saturated heterocycles. The van der Waals surface area contributed by atoms with E-state index in [-0.39, 0.29) is 11.7 Å². The molecule has 168 valence electrons. The molecule has 0 unspecified atom stereocenters. The highest BCUT2D eigenvalue weighted by Gasteiger charge is 2.22. The summed E-state index contributed by atoms with van der Waals surface area (Å²) in [6, 6.07) is 7.22. The number of anilines is 1. The molecule has 0 amide bonds. The number of nitrogens with zero attached hydrogens (tertiary/aromatic N) is 2. The van der Waals surface area contributed by atoms with Crippen LogP contribution in [0, 0.1) is 0 Å². The number of hydrogen-bond donors (Lipinski definition) is 2. The molecule has 1 aliphatic heterocycles. The van der Waals surface area contributed by atoms with Gasteiger partial charge in [-0.3, -0.25) is 0 Å². The van der Waals surface area contributed by atoms with E-state index in [9.17, 15) is 9.90 Å². The fraction of sp³-hybridized carbons (Fsp3) is 0.318. The molecule has 1 aliphatic rings. The second-order valence-corrected chi connectivity index (χ2v) is 7.77. The highest BCUT2D eigenvalue weighted by atomic mass is 32.1. The maximum absolute atomic E-state index is 11.5. The molecule has 0 saturated carbocycles. The molecule has 1 aromatic carbocycles. The Morgan fingerprint density at radius 3 is 2.75 bits per heavy atom. The normalized spacial score (nSPS) is 11.9. The van der Waals surface area contributed by atoms with Crippen LogP contribution < -0.4 is 24.3 Å². The Labute approximate surface area is 188 Å². The third kappa shape index (κ3) is 4.54. The van der Waals surface area contributed by atoms with Crippen LogP contribution in [0.15, 0.2) is 30.6 Å². The van der Waals surface area contributed by atoms with E-state index in [0.29, 0.717) is 59.8 Å². The summed E-state index contributed by atoms with van der Waals surface area (Å²) < 4.78 is 22.3. The minimum absolute atomic E-state index is 0.151. The molecule has 0 bridgehead atoms. The first-order valence-electron chi connectivity index (χ1n) is 10.2. The van der Waals surface area contributed by atoms with Gasteiger partial charge in [0.25, 0.3) is 0 Å². The average Bonchev–Trinajstić information content (AvgIpc) is 3.43. The fourth-order valence-corrected chi connectivity index (χ4v) is 4.26. The van der Waals surface area contributed by atoms with Crippen molar-refractivity contribution in [2.24, 2.45) is 0 Å². The number of aromatic carboxylic acids is 1. The molecular weight excluding hydrogens is 434 g/mol. The van der Waals surface area contributed by atoms with Gasteiger partial charge in [0, 0.05) is 24.2 Å². The number of carbonyl (C=O) groups is 1. The van der Waals surface area contributed by atoms with E-state index in [1.807, 2.05) is 26.0 Å². The minimum atomic E-state index is -1.02. The molecule has 10 heteroatoms. The third-order valence-electron chi connectivity index (χ3n) is 4.69. The Kier molecular flexibility index (Phi) is 6.60. The standard InChI is InChI=1S/C22H23N3O6S/c1-3-28-15-5-6-16-20(31-12-30-16)13(15)7-8-23-19-9-14(24-11-25-19)18-10-17(29-4-2)21(32-18)22(26)27/h5-6,9-11H,3-4,7-8,12H2,1-2H3,(H,26,27)(H,23,24,25). The Bertz CT molecular complexity index is 1120. The first-order chi connectivity index (χ1) is 15.6. The van der Waals surface area contributed by atoms with Crippen molar-refractivity contribution >= 4 is 23.1 Å². The predicted octanol–water partition coefficient (Wildman–Crippen LogP) is 4.08. The van der Waals surface area contributed by atoms with Crippen LogP contribution in [0.25, 0.3) is 10.6 Å². The van der Waals surface area contributed by atoms with Gasteiger partial charge in [-0.25, -0.2) is 14.8 Å². The first kappa shape index (κ1) is 21.7. The average molecular weight is 458 g/mol. The molecular formula is C22H23N3O6S. The summed E-state index contributed by atoms with van der Waals surface area (Å²) in [5.74, 6) is 2.14. The lowest BCUT2D eigenvalue weighted by molar-refractivity contribution is 0.0698. The van der Waals surface area contributed by atoms with Crippen molar-refractivity contribution in [3.05, 3.63) is 41.0 Å². The van der Waals surface area contributed by atoms with Gasteiger partial charge in [0.05, 0.1) is 23.8 Å². The molecule has 9 nitrogen and oxygen atoms in total. The van der Waals surface area contributed by atoms with E-state index < -0.39 is 5.97 Å². The van der Waals surface area contributed by atoms with Crippen LogP contribution in [0.3, 0.4) is 0 Å². The summed E-state index contributed by atoms with van der Waals surface area (Å²) in [5, 5.41) is 12.7. The molecule has 0 spiro atoms. The predicted molar refractivity (Wildman–Crippen MR) is 119 cm³/mol. The van der Waals surface area contributed by atoms with Gasteiger partial charge >= 0.3 is 5.97 Å². The third-order valence-corrected chi connectivity index (χ3v) is 5.82. The van der Waals surface area contributed by atoms with Gasteiger partial charge in [0.15, 0.2) is 16.4 Å². The SMILES string of the molecule is CCOc1cc(-c2cc(NCCc3c(OCC)ccc4c3OCO4)ncn2)sc1C(=O)O. The van der Waals surface area contributed by atoms with Gasteiger partial charge in [-0.1, -0.05) is 0 Å². The van der Waals surface area contributed by atoms with Crippen LogP contribution in [-0.2, 0) is 6.42 Å². The Morgan fingerprint density at radius 1 is 1.16 bits per heavy atom. The van der Waals surface area contributed by atoms with E-state index >= 15 is 0 Å². The van der Waals surface area contributed by atoms with Crippen LogP contribution in [0.4, 0.5) is 5.82 Å². The number of rotatable bonds is 10. The zero-order valence-corrected chi connectivity index (χ0v) is 18.5. The van der Waals surface area contributed by atoms with Crippen LogP contribution in [0.5, 0.6) is 23.0 Å². The molecule has 3 heterocycles. The fourth-order valence-electron chi connectivity index (χ4n) is 3.36. The van der Waals surface area contributed by atoms with Gasteiger partial charge in [-0.2, -0.15) is 0 Å². The van der Waals surface area contributed by atoms with E-state index in [2.05, 4.69) is 15.3 Å². The second-order valence-electron chi connectivity index (χ2n) is 6.72. The number of carboxylic acids is 1. The Morgan fingerprint density at radius 2 is 1.97 bits per heavy atom. The van der Waals surface area contributed by atoms with Crippen molar-refractivity contribution in [1.29, 1.82) is 0 Å². The summed E-state index contributed by atoms with van der Waals surface area (Å²) >= 11 is 1.12. The highest BCUT2D eigenvalue weighted by molar-refractivity contribution is 7.17. The highest BCUT2D eigenvalue weighted by Crippen LogP contribution is 2.41. The Hall–Kier alpha value is -3.53. The lowest BCUT2D eigenvalue weighted by atomic mass is 10.1. The van der Waals surface area contributed by atoms with Crippen molar-refractivity contribution in [3.8, 4) is 33.6 Å². The monoisotopic (exact) mass is 457 g/mol. The smallest absolute Gasteiger partial charge is 0.349 e. The van der Waals surface area contributed by atoms with Crippen molar-refractivity contribution in [3.63, 3.8) is 0 Å². The number of aromatic nitrogens is 2. The maximum atomic E-state index is 11.5. The maximum Gasteiger partial charge on any atom is 0.349 e. The number of benzene rings is 1. The molecule has 32 heavy (non-hydrogen) atoms. The van der Waals surface area contributed by atoms with E-state index in [4.69, 9.17) is 18.9 Å². The number of nitrogens with one attached hydrogen (secondary N) is 1. The van der Waals surface area contributed by atoms with Crippen molar-refractivity contribution in [2.75, 3.05) is 31.9 Å². The van der Waals surface area contributed by atoms with Gasteiger partial charge in [0.2, 0.25) is 6.79 Å². The second kappa shape index (κ2) is 9.73. The van der Waals surface area contributed by atoms with Crippen molar-refractivity contribution < 1.29 is 28.8 Å². The van der Waals surface area contributed by atoms with Crippen LogP contribution in [-0.4, -0.2) is 47.6 Å². The van der Waals surface area contributed by atoms with Crippen molar-refractivity contribution in [2.45, 2.75) is 20.3 Å². The molecule has 3 aromatic rings. The lowest BCUT2D eigenvalue weighted by Crippen LogP contribution is -2.09. The molecule has 0 fully saturated rings. The number of fused-ring (bicyclic) bond motifs is 1. The van der Waals surface area contributed by atoms with E-state index in [1.54, 1.807) is 12.1 Å². The van der Waals surface area contributed by atoms with Crippen LogP contribution in [0.1, 0.15) is 29.1 Å². The minimum Gasteiger partial charge on any atom is -0.493 e. The Balaban J connectivity index is 1.49. The largest absolute Gasteiger partial charge is 0.493 e. The molecule has 0 radical (unpaired) electrons. The molecule has 2 N–H and O–H groups in total. The van der Waals surface area contributed by atoms with Gasteiger partial charge < -0.3 is 29.4 Å². The number of hydrogen-bond acceptors (Lipinski definition) is 9. The molecule has 4 rings (SSSR count).